The molecule has 6 nitrogen and oxygen atoms in total. The Hall–Kier alpha value is -2.24. The van der Waals surface area contributed by atoms with Gasteiger partial charge in [-0.2, -0.15) is 0 Å². The van der Waals surface area contributed by atoms with Gasteiger partial charge in [-0.25, -0.2) is 4.99 Å². The van der Waals surface area contributed by atoms with Crippen LogP contribution in [0.5, 0.6) is 11.5 Å². The molecule has 1 aromatic carbocycles. The van der Waals surface area contributed by atoms with E-state index in [0.29, 0.717) is 23.5 Å². The Morgan fingerprint density at radius 3 is 2.95 bits per heavy atom. The lowest BCUT2D eigenvalue weighted by Crippen LogP contribution is -2.37. The van der Waals surface area contributed by atoms with Crippen molar-refractivity contribution in [3.8, 4) is 11.5 Å². The van der Waals surface area contributed by atoms with Gasteiger partial charge < -0.3 is 14.8 Å². The summed E-state index contributed by atoms with van der Waals surface area (Å²) in [5.74, 6) is 1.85. The number of hydrogen-bond donors (Lipinski definition) is 2. The number of carbonyl (C=O) groups is 1. The van der Waals surface area contributed by atoms with Crippen LogP contribution >= 0.6 is 0 Å². The molecule has 0 bridgehead atoms. The number of carbonyl (C=O) groups excluding carboxylic acids is 1. The molecule has 4 rings (SSSR count). The van der Waals surface area contributed by atoms with E-state index < -0.39 is 6.04 Å². The predicted molar refractivity (Wildman–Crippen MR) is 67.0 cm³/mol. The fourth-order valence-electron chi connectivity index (χ4n) is 2.21. The lowest BCUT2D eigenvalue weighted by molar-refractivity contribution is -0.120. The number of hydrogen-bond acceptors (Lipinski definition) is 5. The molecule has 1 aliphatic carbocycles. The number of nitrogens with zero attached hydrogens (tertiary/aromatic N) is 1. The minimum absolute atomic E-state index is 0.109. The summed E-state index contributed by atoms with van der Waals surface area (Å²) in [7, 11) is 0. The van der Waals surface area contributed by atoms with Gasteiger partial charge in [0, 0.05) is 6.04 Å². The fraction of sp³-hybridized carbons (Fsp3) is 0.385. The highest BCUT2D eigenvalue weighted by atomic mass is 16.7. The van der Waals surface area contributed by atoms with Crippen LogP contribution in [0.4, 0.5) is 0 Å². The molecule has 19 heavy (non-hydrogen) atoms. The standard InChI is InChI=1S/C13H13N3O3/c17-12-11(15-13(16-12)14-8-2-3-8)7-1-4-9-10(5-7)19-6-18-9/h1,4-5,8,11H,2-3,6H2,(H2,14,15,16,17). The van der Waals surface area contributed by atoms with Crippen molar-refractivity contribution in [3.63, 3.8) is 0 Å². The second-order valence-corrected chi connectivity index (χ2v) is 4.90. The summed E-state index contributed by atoms with van der Waals surface area (Å²) in [6, 6.07) is 5.44. The van der Waals surface area contributed by atoms with Crippen LogP contribution in [-0.2, 0) is 4.79 Å². The van der Waals surface area contributed by atoms with E-state index in [4.69, 9.17) is 9.47 Å². The average molecular weight is 259 g/mol. The summed E-state index contributed by atoms with van der Waals surface area (Å²) in [6.07, 6.45) is 2.28. The summed E-state index contributed by atoms with van der Waals surface area (Å²) in [5, 5.41) is 5.97. The van der Waals surface area contributed by atoms with Crippen LogP contribution in [0.2, 0.25) is 0 Å². The van der Waals surface area contributed by atoms with Crippen LogP contribution < -0.4 is 20.1 Å². The number of rotatable bonds is 2. The van der Waals surface area contributed by atoms with Gasteiger partial charge in [0.15, 0.2) is 23.5 Å². The Morgan fingerprint density at radius 1 is 1.26 bits per heavy atom. The van der Waals surface area contributed by atoms with Gasteiger partial charge in [0.25, 0.3) is 5.91 Å². The lowest BCUT2D eigenvalue weighted by atomic mass is 10.1. The number of amides is 1. The molecule has 2 N–H and O–H groups in total. The molecule has 0 saturated heterocycles. The predicted octanol–water partition coefficient (Wildman–Crippen LogP) is 0.694. The van der Waals surface area contributed by atoms with E-state index in [2.05, 4.69) is 15.6 Å². The molecule has 6 heteroatoms. The number of benzene rings is 1. The van der Waals surface area contributed by atoms with E-state index in [0.717, 1.165) is 18.4 Å². The SMILES string of the molecule is O=C1NC(NC2CC2)=NC1c1ccc2c(c1)OCO2. The second kappa shape index (κ2) is 3.88. The van der Waals surface area contributed by atoms with Crippen molar-refractivity contribution in [2.75, 3.05) is 6.79 Å². The third kappa shape index (κ3) is 1.89. The van der Waals surface area contributed by atoms with E-state index in [1.807, 2.05) is 18.2 Å². The lowest BCUT2D eigenvalue weighted by Gasteiger charge is -2.05. The van der Waals surface area contributed by atoms with Gasteiger partial charge in [-0.05, 0) is 30.5 Å². The molecule has 1 aromatic rings. The average Bonchev–Trinajstić information content (AvgIpc) is 2.96. The first-order valence-electron chi connectivity index (χ1n) is 6.34. The third-order valence-electron chi connectivity index (χ3n) is 3.38. The molecular weight excluding hydrogens is 246 g/mol. The number of guanidine groups is 1. The molecule has 98 valence electrons. The van der Waals surface area contributed by atoms with Gasteiger partial charge in [-0.15, -0.1) is 0 Å². The Balaban J connectivity index is 1.60. The normalized spacial score (nSPS) is 24.1. The summed E-state index contributed by atoms with van der Waals surface area (Å²) >= 11 is 0. The molecule has 2 aliphatic heterocycles. The zero-order valence-corrected chi connectivity index (χ0v) is 10.2. The molecule has 2 heterocycles. The van der Waals surface area contributed by atoms with Crippen molar-refractivity contribution in [3.05, 3.63) is 23.8 Å². The third-order valence-corrected chi connectivity index (χ3v) is 3.38. The molecule has 3 aliphatic rings. The first-order valence-corrected chi connectivity index (χ1v) is 6.34. The van der Waals surface area contributed by atoms with Crippen molar-refractivity contribution in [1.82, 2.24) is 10.6 Å². The zero-order valence-electron chi connectivity index (χ0n) is 10.2. The van der Waals surface area contributed by atoms with Gasteiger partial charge in [0.2, 0.25) is 6.79 Å². The van der Waals surface area contributed by atoms with E-state index >= 15 is 0 Å². The van der Waals surface area contributed by atoms with E-state index in [-0.39, 0.29) is 12.7 Å². The van der Waals surface area contributed by atoms with E-state index in [9.17, 15) is 4.79 Å². The highest BCUT2D eigenvalue weighted by Gasteiger charge is 2.32. The maximum Gasteiger partial charge on any atom is 0.256 e. The van der Waals surface area contributed by atoms with Crippen LogP contribution in [0.1, 0.15) is 24.4 Å². The molecular formula is C13H13N3O3. The van der Waals surface area contributed by atoms with Gasteiger partial charge in [-0.3, -0.25) is 10.1 Å². The van der Waals surface area contributed by atoms with Gasteiger partial charge in [0.05, 0.1) is 0 Å². The van der Waals surface area contributed by atoms with Crippen LogP contribution in [0, 0.1) is 0 Å². The maximum atomic E-state index is 11.9. The molecule has 0 aromatic heterocycles. The minimum atomic E-state index is -0.504. The van der Waals surface area contributed by atoms with Gasteiger partial charge in [0.1, 0.15) is 0 Å². The second-order valence-electron chi connectivity index (χ2n) is 4.90. The largest absolute Gasteiger partial charge is 0.454 e. The summed E-state index contributed by atoms with van der Waals surface area (Å²) in [4.78, 5) is 16.3. The van der Waals surface area contributed by atoms with Crippen molar-refractivity contribution >= 4 is 11.9 Å². The first-order chi connectivity index (χ1) is 9.29. The van der Waals surface area contributed by atoms with Crippen LogP contribution in [0.25, 0.3) is 0 Å². The maximum absolute atomic E-state index is 11.9. The quantitative estimate of drug-likeness (QED) is 0.820. The van der Waals surface area contributed by atoms with Crippen LogP contribution in [-0.4, -0.2) is 24.7 Å². The zero-order chi connectivity index (χ0) is 12.8. The Kier molecular flexibility index (Phi) is 2.18. The Labute approximate surface area is 109 Å². The molecule has 1 saturated carbocycles. The summed E-state index contributed by atoms with van der Waals surface area (Å²) in [6.45, 7) is 0.230. The molecule has 1 atom stereocenters. The van der Waals surface area contributed by atoms with Crippen molar-refractivity contribution in [2.24, 2.45) is 4.99 Å². The first kappa shape index (κ1) is 10.7. The van der Waals surface area contributed by atoms with Crippen molar-refractivity contribution < 1.29 is 14.3 Å². The fourth-order valence-corrected chi connectivity index (χ4v) is 2.21. The van der Waals surface area contributed by atoms with Crippen molar-refractivity contribution in [2.45, 2.75) is 24.9 Å². The smallest absolute Gasteiger partial charge is 0.256 e. The monoisotopic (exact) mass is 259 g/mol. The molecule has 1 fully saturated rings. The van der Waals surface area contributed by atoms with E-state index in [1.54, 1.807) is 0 Å². The summed E-state index contributed by atoms with van der Waals surface area (Å²) < 4.78 is 10.6. The summed E-state index contributed by atoms with van der Waals surface area (Å²) in [5.41, 5.74) is 0.814. The van der Waals surface area contributed by atoms with Crippen LogP contribution in [0.3, 0.4) is 0 Å². The molecule has 0 spiro atoms. The number of fused-ring (bicyclic) bond motifs is 1. The highest BCUT2D eigenvalue weighted by molar-refractivity contribution is 6.05. The molecule has 1 unspecified atom stereocenters. The molecule has 1 amide bonds. The Morgan fingerprint density at radius 2 is 2.11 bits per heavy atom. The van der Waals surface area contributed by atoms with Crippen LogP contribution in [0.15, 0.2) is 23.2 Å². The highest BCUT2D eigenvalue weighted by Crippen LogP contribution is 2.35. The Bertz CT molecular complexity index is 580. The number of aliphatic imine (C=N–C) groups is 1. The number of nitrogens with one attached hydrogen (secondary N) is 2. The van der Waals surface area contributed by atoms with E-state index in [1.165, 1.54) is 0 Å². The number of ether oxygens (including phenoxy) is 2. The van der Waals surface area contributed by atoms with Gasteiger partial charge >= 0.3 is 0 Å². The molecule has 0 radical (unpaired) electrons. The van der Waals surface area contributed by atoms with Gasteiger partial charge in [-0.1, -0.05) is 6.07 Å². The topological polar surface area (TPSA) is 72.0 Å². The minimum Gasteiger partial charge on any atom is -0.454 e. The van der Waals surface area contributed by atoms with Crippen molar-refractivity contribution in [1.29, 1.82) is 0 Å².